The molecular weight excluding hydrogens is 310 g/mol. The average molecular weight is 328 g/mol. The molecule has 5 nitrogen and oxygen atoms in total. The number of aromatic nitrogens is 2. The van der Waals surface area contributed by atoms with E-state index in [2.05, 4.69) is 9.82 Å². The van der Waals surface area contributed by atoms with Crippen molar-refractivity contribution in [1.29, 1.82) is 0 Å². The minimum atomic E-state index is -3.65. The summed E-state index contributed by atoms with van der Waals surface area (Å²) in [4.78, 5) is 0.100. The van der Waals surface area contributed by atoms with Crippen molar-refractivity contribution in [2.75, 3.05) is 0 Å². The van der Waals surface area contributed by atoms with Gasteiger partial charge in [0, 0.05) is 24.8 Å². The van der Waals surface area contributed by atoms with E-state index in [0.29, 0.717) is 0 Å². The number of hydrogen-bond donors (Lipinski definition) is 1. The second-order valence-electron chi connectivity index (χ2n) is 5.03. The molecule has 0 aliphatic rings. The van der Waals surface area contributed by atoms with E-state index in [9.17, 15) is 8.42 Å². The maximum absolute atomic E-state index is 12.4. The number of benzene rings is 1. The maximum Gasteiger partial charge on any atom is 0.242 e. The van der Waals surface area contributed by atoms with Gasteiger partial charge in [0.1, 0.15) is 4.90 Å². The molecule has 0 spiro atoms. The van der Waals surface area contributed by atoms with Gasteiger partial charge < -0.3 is 0 Å². The van der Waals surface area contributed by atoms with Crippen molar-refractivity contribution in [3.63, 3.8) is 0 Å². The van der Waals surface area contributed by atoms with Gasteiger partial charge in [-0.15, -0.1) is 0 Å². The van der Waals surface area contributed by atoms with Crippen molar-refractivity contribution in [3.05, 3.63) is 45.7 Å². The average Bonchev–Trinajstić information content (AvgIpc) is 2.64. The molecule has 1 aromatic carbocycles. The van der Waals surface area contributed by atoms with Gasteiger partial charge in [0.15, 0.2) is 0 Å². The molecule has 0 radical (unpaired) electrons. The third-order valence-electron chi connectivity index (χ3n) is 3.47. The first-order valence-corrected chi connectivity index (χ1v) is 8.33. The fourth-order valence-electron chi connectivity index (χ4n) is 2.13. The molecule has 2 rings (SSSR count). The van der Waals surface area contributed by atoms with E-state index < -0.39 is 10.0 Å². The van der Waals surface area contributed by atoms with Gasteiger partial charge in [-0.1, -0.05) is 17.7 Å². The molecule has 1 N–H and O–H groups in total. The second kappa shape index (κ2) is 5.79. The summed E-state index contributed by atoms with van der Waals surface area (Å²) < 4.78 is 29.1. The topological polar surface area (TPSA) is 64.0 Å². The highest BCUT2D eigenvalue weighted by molar-refractivity contribution is 7.89. The predicted octanol–water partition coefficient (Wildman–Crippen LogP) is 2.48. The highest BCUT2D eigenvalue weighted by atomic mass is 35.5. The number of hydrogen-bond acceptors (Lipinski definition) is 3. The zero-order valence-electron chi connectivity index (χ0n) is 12.4. The Labute approximate surface area is 130 Å². The summed E-state index contributed by atoms with van der Waals surface area (Å²) in [6.07, 6.45) is 0. The third-order valence-corrected chi connectivity index (χ3v) is 5.36. The first-order chi connectivity index (χ1) is 9.72. The molecule has 0 amide bonds. The molecule has 0 bridgehead atoms. The Bertz CT molecular complexity index is 782. The molecule has 1 aromatic heterocycles. The summed E-state index contributed by atoms with van der Waals surface area (Å²) in [6, 6.07) is 4.93. The van der Waals surface area contributed by atoms with Gasteiger partial charge in [-0.2, -0.15) is 5.10 Å². The third kappa shape index (κ3) is 3.28. The fourth-order valence-corrected chi connectivity index (χ4v) is 3.71. The van der Waals surface area contributed by atoms with Gasteiger partial charge >= 0.3 is 0 Å². The van der Waals surface area contributed by atoms with E-state index in [1.54, 1.807) is 22.9 Å². The number of rotatable bonds is 4. The Morgan fingerprint density at radius 1 is 1.29 bits per heavy atom. The zero-order valence-corrected chi connectivity index (χ0v) is 14.0. The summed E-state index contributed by atoms with van der Waals surface area (Å²) in [5.74, 6) is 0. The van der Waals surface area contributed by atoms with E-state index in [1.165, 1.54) is 0 Å². The number of nitrogens with one attached hydrogen (secondary N) is 1. The molecule has 114 valence electrons. The van der Waals surface area contributed by atoms with Crippen LogP contribution in [0.3, 0.4) is 0 Å². The predicted molar refractivity (Wildman–Crippen MR) is 82.9 cm³/mol. The lowest BCUT2D eigenvalue weighted by atomic mass is 10.2. The van der Waals surface area contributed by atoms with Crippen LogP contribution >= 0.6 is 11.6 Å². The Balaban J connectivity index is 2.28. The number of aryl methyl sites for hydroxylation is 3. The van der Waals surface area contributed by atoms with Crippen LogP contribution in [-0.4, -0.2) is 18.2 Å². The second-order valence-corrected chi connectivity index (χ2v) is 7.17. The Morgan fingerprint density at radius 3 is 2.52 bits per heavy atom. The van der Waals surface area contributed by atoms with Crippen LogP contribution in [0.5, 0.6) is 0 Å². The Morgan fingerprint density at radius 2 is 1.95 bits per heavy atom. The number of nitrogens with zero attached hydrogens (tertiary/aromatic N) is 2. The van der Waals surface area contributed by atoms with Gasteiger partial charge in [-0.3, -0.25) is 4.68 Å². The quantitative estimate of drug-likeness (QED) is 0.938. The van der Waals surface area contributed by atoms with Crippen molar-refractivity contribution in [2.24, 2.45) is 7.05 Å². The molecule has 0 fully saturated rings. The molecule has 21 heavy (non-hydrogen) atoms. The molecule has 0 saturated heterocycles. The Kier molecular flexibility index (Phi) is 4.41. The van der Waals surface area contributed by atoms with Gasteiger partial charge in [-0.05, 0) is 38.5 Å². The van der Waals surface area contributed by atoms with Crippen molar-refractivity contribution in [3.8, 4) is 0 Å². The summed E-state index contributed by atoms with van der Waals surface area (Å²) in [6.45, 7) is 5.78. The molecule has 0 aliphatic carbocycles. The minimum Gasteiger partial charge on any atom is -0.272 e. The van der Waals surface area contributed by atoms with Crippen LogP contribution in [0, 0.1) is 20.8 Å². The number of halogens is 1. The van der Waals surface area contributed by atoms with Crippen LogP contribution in [0.15, 0.2) is 23.1 Å². The van der Waals surface area contributed by atoms with E-state index in [-0.39, 0.29) is 16.5 Å². The monoisotopic (exact) mass is 327 g/mol. The fraction of sp³-hybridized carbons (Fsp3) is 0.357. The van der Waals surface area contributed by atoms with Crippen LogP contribution in [0.2, 0.25) is 5.02 Å². The van der Waals surface area contributed by atoms with E-state index in [4.69, 9.17) is 11.6 Å². The van der Waals surface area contributed by atoms with Gasteiger partial charge in [0.05, 0.1) is 10.7 Å². The molecule has 0 aliphatic heterocycles. The van der Waals surface area contributed by atoms with Gasteiger partial charge in [0.25, 0.3) is 0 Å². The van der Waals surface area contributed by atoms with Crippen molar-refractivity contribution >= 4 is 21.6 Å². The van der Waals surface area contributed by atoms with E-state index in [0.717, 1.165) is 22.5 Å². The molecule has 2 aromatic rings. The summed E-state index contributed by atoms with van der Waals surface area (Å²) in [7, 11) is -1.82. The molecule has 0 unspecified atom stereocenters. The highest BCUT2D eigenvalue weighted by Crippen LogP contribution is 2.23. The first kappa shape index (κ1) is 16.0. The van der Waals surface area contributed by atoms with Crippen molar-refractivity contribution < 1.29 is 8.42 Å². The number of sulfonamides is 1. The largest absolute Gasteiger partial charge is 0.272 e. The zero-order chi connectivity index (χ0) is 15.8. The summed E-state index contributed by atoms with van der Waals surface area (Å²) >= 11 is 5.99. The van der Waals surface area contributed by atoms with Gasteiger partial charge in [-0.25, -0.2) is 13.1 Å². The van der Waals surface area contributed by atoms with Crippen LogP contribution in [0.25, 0.3) is 0 Å². The lowest BCUT2D eigenvalue weighted by Gasteiger charge is -2.09. The lowest BCUT2D eigenvalue weighted by Crippen LogP contribution is -2.24. The van der Waals surface area contributed by atoms with E-state index >= 15 is 0 Å². The lowest BCUT2D eigenvalue weighted by molar-refractivity contribution is 0.581. The molecule has 1 heterocycles. The summed E-state index contributed by atoms with van der Waals surface area (Å²) in [5, 5.41) is 4.49. The van der Waals surface area contributed by atoms with E-state index in [1.807, 2.05) is 27.8 Å². The van der Waals surface area contributed by atoms with Crippen LogP contribution in [-0.2, 0) is 23.6 Å². The standard InChI is InChI=1S/C14H18ClN3O2S/c1-9-5-6-13(15)14(7-9)21(19,20)16-8-12-10(2)17-18(4)11(12)3/h5-7,16H,8H2,1-4H3. The molecule has 7 heteroatoms. The molecular formula is C14H18ClN3O2S. The van der Waals surface area contributed by atoms with Gasteiger partial charge in [0.2, 0.25) is 10.0 Å². The van der Waals surface area contributed by atoms with Crippen molar-refractivity contribution in [2.45, 2.75) is 32.2 Å². The smallest absolute Gasteiger partial charge is 0.242 e. The normalized spacial score (nSPS) is 11.9. The van der Waals surface area contributed by atoms with Crippen LogP contribution < -0.4 is 4.72 Å². The van der Waals surface area contributed by atoms with Crippen molar-refractivity contribution in [1.82, 2.24) is 14.5 Å². The highest BCUT2D eigenvalue weighted by Gasteiger charge is 2.19. The van der Waals surface area contributed by atoms with Crippen LogP contribution in [0.4, 0.5) is 0 Å². The maximum atomic E-state index is 12.4. The minimum absolute atomic E-state index is 0.100. The first-order valence-electron chi connectivity index (χ1n) is 6.47. The molecule has 0 atom stereocenters. The summed E-state index contributed by atoms with van der Waals surface area (Å²) in [5.41, 5.74) is 3.47. The molecule has 0 saturated carbocycles. The van der Waals surface area contributed by atoms with Crippen LogP contribution in [0.1, 0.15) is 22.5 Å². The Hall–Kier alpha value is -1.37. The SMILES string of the molecule is Cc1ccc(Cl)c(S(=O)(=O)NCc2c(C)nn(C)c2C)c1.